The number of aromatic nitrogens is 1. The van der Waals surface area contributed by atoms with Crippen molar-refractivity contribution in [3.05, 3.63) is 46.3 Å². The first-order valence-electron chi connectivity index (χ1n) is 7.65. The number of benzene rings is 1. The lowest BCUT2D eigenvalue weighted by molar-refractivity contribution is 0.0962. The highest BCUT2D eigenvalue weighted by Gasteiger charge is 2.19. The average Bonchev–Trinajstić information content (AvgIpc) is 3.22. The molecule has 2 aromatic rings. The lowest BCUT2D eigenvalue weighted by Crippen LogP contribution is -2.05. The Hall–Kier alpha value is -1.66. The standard InChI is InChI=1S/C17H18BrNO4/c18-13-2-1-3-14(8-13)22-11-15-9-16(19-23-15)17(20)5-4-12-6-7-21-10-12/h1-3,8-9,12H,4-7,10-11H2. The molecule has 1 unspecified atom stereocenters. The molecule has 5 nitrogen and oxygen atoms in total. The van der Waals surface area contributed by atoms with Gasteiger partial charge < -0.3 is 14.0 Å². The van der Waals surface area contributed by atoms with E-state index in [1.807, 2.05) is 24.3 Å². The van der Waals surface area contributed by atoms with Crippen molar-refractivity contribution in [3.63, 3.8) is 0 Å². The maximum atomic E-state index is 12.1. The molecule has 3 rings (SSSR count). The van der Waals surface area contributed by atoms with E-state index in [4.69, 9.17) is 14.0 Å². The van der Waals surface area contributed by atoms with Crippen LogP contribution in [0, 0.1) is 5.92 Å². The van der Waals surface area contributed by atoms with Crippen molar-refractivity contribution in [3.8, 4) is 5.75 Å². The van der Waals surface area contributed by atoms with Gasteiger partial charge in [0.2, 0.25) is 0 Å². The molecule has 23 heavy (non-hydrogen) atoms. The molecule has 0 amide bonds. The van der Waals surface area contributed by atoms with Crippen LogP contribution >= 0.6 is 15.9 Å². The summed E-state index contributed by atoms with van der Waals surface area (Å²) < 4.78 is 17.1. The first kappa shape index (κ1) is 16.2. The van der Waals surface area contributed by atoms with Gasteiger partial charge in [0.05, 0.1) is 0 Å². The van der Waals surface area contributed by atoms with Gasteiger partial charge in [-0.05, 0) is 37.0 Å². The molecule has 0 N–H and O–H groups in total. The third kappa shape index (κ3) is 4.65. The van der Waals surface area contributed by atoms with E-state index in [2.05, 4.69) is 21.1 Å². The summed E-state index contributed by atoms with van der Waals surface area (Å²) in [5.74, 6) is 1.77. The van der Waals surface area contributed by atoms with Gasteiger partial charge in [0, 0.05) is 30.2 Å². The zero-order chi connectivity index (χ0) is 16.1. The molecule has 0 saturated carbocycles. The number of ether oxygens (including phenoxy) is 2. The number of rotatable bonds is 7. The zero-order valence-corrected chi connectivity index (χ0v) is 14.3. The highest BCUT2D eigenvalue weighted by molar-refractivity contribution is 9.10. The van der Waals surface area contributed by atoms with Gasteiger partial charge >= 0.3 is 0 Å². The lowest BCUT2D eigenvalue weighted by atomic mass is 10.00. The molecule has 1 aromatic heterocycles. The minimum atomic E-state index is 0.00866. The van der Waals surface area contributed by atoms with Crippen molar-refractivity contribution in [2.75, 3.05) is 13.2 Å². The molecule has 6 heteroatoms. The van der Waals surface area contributed by atoms with Gasteiger partial charge in [-0.25, -0.2) is 0 Å². The number of carbonyl (C=O) groups excluding carboxylic acids is 1. The van der Waals surface area contributed by atoms with E-state index in [1.54, 1.807) is 6.07 Å². The Balaban J connectivity index is 1.49. The van der Waals surface area contributed by atoms with E-state index >= 15 is 0 Å². The molecule has 1 aromatic carbocycles. The van der Waals surface area contributed by atoms with Gasteiger partial charge in [0.25, 0.3) is 0 Å². The van der Waals surface area contributed by atoms with Crippen LogP contribution in [0.2, 0.25) is 0 Å². The summed E-state index contributed by atoms with van der Waals surface area (Å²) in [6.07, 6.45) is 2.36. The van der Waals surface area contributed by atoms with Crippen LogP contribution in [0.25, 0.3) is 0 Å². The topological polar surface area (TPSA) is 61.6 Å². The van der Waals surface area contributed by atoms with E-state index in [1.165, 1.54) is 0 Å². The Morgan fingerprint density at radius 3 is 3.09 bits per heavy atom. The summed E-state index contributed by atoms with van der Waals surface area (Å²) in [6, 6.07) is 9.20. The Kier molecular flexibility index (Phi) is 5.46. The monoisotopic (exact) mass is 379 g/mol. The molecule has 1 aliphatic rings. The van der Waals surface area contributed by atoms with E-state index in [0.717, 1.165) is 36.3 Å². The smallest absolute Gasteiger partial charge is 0.184 e. The van der Waals surface area contributed by atoms with Crippen LogP contribution in [0.4, 0.5) is 0 Å². The first-order valence-corrected chi connectivity index (χ1v) is 8.45. The number of ketones is 1. The molecule has 2 heterocycles. The van der Waals surface area contributed by atoms with Crippen molar-refractivity contribution in [2.45, 2.75) is 25.9 Å². The molecule has 1 atom stereocenters. The molecule has 0 bridgehead atoms. The van der Waals surface area contributed by atoms with E-state index in [9.17, 15) is 4.79 Å². The lowest BCUT2D eigenvalue weighted by Gasteiger charge is -2.04. The largest absolute Gasteiger partial charge is 0.486 e. The predicted molar refractivity (Wildman–Crippen MR) is 87.5 cm³/mol. The van der Waals surface area contributed by atoms with Crippen LogP contribution in [0.1, 0.15) is 35.5 Å². The van der Waals surface area contributed by atoms with E-state index in [0.29, 0.717) is 23.8 Å². The first-order chi connectivity index (χ1) is 11.2. The summed E-state index contributed by atoms with van der Waals surface area (Å²) >= 11 is 3.39. The van der Waals surface area contributed by atoms with Crippen molar-refractivity contribution < 1.29 is 18.8 Å². The summed E-state index contributed by atoms with van der Waals surface area (Å²) in [5.41, 5.74) is 0.372. The number of hydrogen-bond donors (Lipinski definition) is 0. The number of nitrogens with zero attached hydrogens (tertiary/aromatic N) is 1. The molecule has 1 aliphatic heterocycles. The summed E-state index contributed by atoms with van der Waals surface area (Å²) in [4.78, 5) is 12.1. The van der Waals surface area contributed by atoms with Gasteiger partial charge in [-0.15, -0.1) is 0 Å². The second-order valence-electron chi connectivity index (χ2n) is 5.62. The van der Waals surface area contributed by atoms with Gasteiger partial charge in [0.15, 0.2) is 11.5 Å². The fourth-order valence-electron chi connectivity index (χ4n) is 2.50. The molecular formula is C17H18BrNO4. The second-order valence-corrected chi connectivity index (χ2v) is 6.53. The molecule has 1 fully saturated rings. The zero-order valence-electron chi connectivity index (χ0n) is 12.7. The average molecular weight is 380 g/mol. The molecule has 0 radical (unpaired) electrons. The van der Waals surface area contributed by atoms with Crippen LogP contribution < -0.4 is 4.74 Å². The SMILES string of the molecule is O=C(CCC1CCOC1)c1cc(COc2cccc(Br)c2)on1. The van der Waals surface area contributed by atoms with Crippen LogP contribution in [0.3, 0.4) is 0 Å². The van der Waals surface area contributed by atoms with Crippen molar-refractivity contribution in [1.29, 1.82) is 0 Å². The van der Waals surface area contributed by atoms with Crippen LogP contribution in [0.15, 0.2) is 39.3 Å². The van der Waals surface area contributed by atoms with Crippen LogP contribution in [-0.4, -0.2) is 24.2 Å². The van der Waals surface area contributed by atoms with Crippen molar-refractivity contribution in [1.82, 2.24) is 5.16 Å². The molecule has 122 valence electrons. The van der Waals surface area contributed by atoms with E-state index < -0.39 is 0 Å². The third-order valence-corrected chi connectivity index (χ3v) is 4.32. The number of halogens is 1. The van der Waals surface area contributed by atoms with Gasteiger partial charge in [-0.2, -0.15) is 0 Å². The van der Waals surface area contributed by atoms with Crippen LogP contribution in [-0.2, 0) is 11.3 Å². The summed E-state index contributed by atoms with van der Waals surface area (Å²) in [6.45, 7) is 1.81. The minimum absolute atomic E-state index is 0.00866. The Morgan fingerprint density at radius 1 is 1.39 bits per heavy atom. The van der Waals surface area contributed by atoms with Gasteiger partial charge in [-0.1, -0.05) is 27.2 Å². The van der Waals surface area contributed by atoms with Crippen molar-refractivity contribution in [2.24, 2.45) is 5.92 Å². The maximum Gasteiger partial charge on any atom is 0.184 e. The maximum absolute atomic E-state index is 12.1. The highest BCUT2D eigenvalue weighted by atomic mass is 79.9. The Labute approximate surface area is 143 Å². The van der Waals surface area contributed by atoms with Gasteiger partial charge in [0.1, 0.15) is 18.1 Å². The predicted octanol–water partition coefficient (Wildman–Crippen LogP) is 4.02. The molecule has 0 aliphatic carbocycles. The van der Waals surface area contributed by atoms with Crippen molar-refractivity contribution >= 4 is 21.7 Å². The normalized spacial score (nSPS) is 17.3. The molecular weight excluding hydrogens is 362 g/mol. The third-order valence-electron chi connectivity index (χ3n) is 3.83. The number of carbonyl (C=O) groups is 1. The van der Waals surface area contributed by atoms with Gasteiger partial charge in [-0.3, -0.25) is 4.79 Å². The van der Waals surface area contributed by atoms with E-state index in [-0.39, 0.29) is 12.4 Å². The molecule has 1 saturated heterocycles. The summed E-state index contributed by atoms with van der Waals surface area (Å²) in [7, 11) is 0. The number of hydrogen-bond acceptors (Lipinski definition) is 5. The quantitative estimate of drug-likeness (QED) is 0.679. The fraction of sp³-hybridized carbons (Fsp3) is 0.412. The summed E-state index contributed by atoms with van der Waals surface area (Å²) in [5, 5.41) is 3.85. The minimum Gasteiger partial charge on any atom is -0.486 e. The highest BCUT2D eigenvalue weighted by Crippen LogP contribution is 2.21. The second kappa shape index (κ2) is 7.75. The molecule has 0 spiro atoms. The number of Topliss-reactive ketones (excluding diaryl/α,β-unsaturated/α-hetero) is 1. The Bertz CT molecular complexity index is 664. The fourth-order valence-corrected chi connectivity index (χ4v) is 2.88. The van der Waals surface area contributed by atoms with Crippen LogP contribution in [0.5, 0.6) is 5.75 Å². The Morgan fingerprint density at radius 2 is 2.30 bits per heavy atom.